The molecular weight excluding hydrogens is 430 g/mol. The summed E-state index contributed by atoms with van der Waals surface area (Å²) < 4.78 is 30.8. The maximum Gasteiger partial charge on any atom is 0.266 e. The molecule has 0 saturated carbocycles. The van der Waals surface area contributed by atoms with Crippen LogP contribution in [-0.4, -0.2) is 35.8 Å². The lowest BCUT2D eigenvalue weighted by Crippen LogP contribution is -2.40. The summed E-state index contributed by atoms with van der Waals surface area (Å²) in [5.41, 5.74) is 4.36. The van der Waals surface area contributed by atoms with Gasteiger partial charge in [0.1, 0.15) is 6.04 Å². The molecule has 6 nitrogen and oxygen atoms in total. The first kappa shape index (κ1) is 21.9. The highest BCUT2D eigenvalue weighted by molar-refractivity contribution is 7.89. The van der Waals surface area contributed by atoms with Gasteiger partial charge in [0, 0.05) is 13.1 Å². The van der Waals surface area contributed by atoms with E-state index in [-0.39, 0.29) is 4.90 Å². The van der Waals surface area contributed by atoms with Gasteiger partial charge < -0.3 is 4.57 Å². The van der Waals surface area contributed by atoms with Gasteiger partial charge >= 0.3 is 0 Å². The third kappa shape index (κ3) is 4.00. The molecule has 2 heterocycles. The van der Waals surface area contributed by atoms with Crippen LogP contribution in [0.5, 0.6) is 0 Å². The summed E-state index contributed by atoms with van der Waals surface area (Å²) in [4.78, 5) is 18.4. The van der Waals surface area contributed by atoms with Gasteiger partial charge in [-0.15, -0.1) is 0 Å². The molecule has 1 aliphatic heterocycles. The number of thiazole rings is 1. The second-order valence-corrected chi connectivity index (χ2v) is 11.0. The molecule has 1 fully saturated rings. The third-order valence-electron chi connectivity index (χ3n) is 5.75. The van der Waals surface area contributed by atoms with E-state index in [9.17, 15) is 13.2 Å². The number of carbonyl (C=O) groups is 1. The summed E-state index contributed by atoms with van der Waals surface area (Å²) in [7, 11) is -3.75. The fourth-order valence-electron chi connectivity index (χ4n) is 4.19. The molecule has 8 heteroatoms. The summed E-state index contributed by atoms with van der Waals surface area (Å²) in [5, 5.41) is 0. The van der Waals surface area contributed by atoms with Crippen molar-refractivity contribution in [3.8, 4) is 0 Å². The second-order valence-electron chi connectivity index (χ2n) is 8.10. The van der Waals surface area contributed by atoms with Crippen molar-refractivity contribution < 1.29 is 13.2 Å². The normalized spacial score (nSPS) is 18.2. The van der Waals surface area contributed by atoms with Gasteiger partial charge in [0.25, 0.3) is 5.91 Å². The molecule has 164 valence electrons. The monoisotopic (exact) mass is 457 g/mol. The first-order valence-corrected chi connectivity index (χ1v) is 12.8. The minimum absolute atomic E-state index is 0.217. The Morgan fingerprint density at radius 2 is 1.84 bits per heavy atom. The van der Waals surface area contributed by atoms with Crippen molar-refractivity contribution in [3.63, 3.8) is 0 Å². The van der Waals surface area contributed by atoms with Crippen LogP contribution in [0.15, 0.2) is 46.3 Å². The van der Waals surface area contributed by atoms with Crippen molar-refractivity contribution in [1.82, 2.24) is 8.87 Å². The predicted octanol–water partition coefficient (Wildman–Crippen LogP) is 3.93. The quantitative estimate of drug-likeness (QED) is 0.596. The average molecular weight is 458 g/mol. The molecule has 4 rings (SSSR count). The zero-order valence-electron chi connectivity index (χ0n) is 18.3. The highest BCUT2D eigenvalue weighted by Gasteiger charge is 2.39. The number of amides is 1. The molecule has 1 aromatic heterocycles. The SMILES string of the molecule is CCn1c(=NC(=O)C2CCCN2S(=O)(=O)c2ccc(C)cc2)sc2c(C)cc(C)cc21. The largest absolute Gasteiger partial charge is 0.317 e. The maximum absolute atomic E-state index is 13.2. The van der Waals surface area contributed by atoms with E-state index in [0.29, 0.717) is 30.7 Å². The smallest absolute Gasteiger partial charge is 0.266 e. The summed E-state index contributed by atoms with van der Waals surface area (Å²) in [5.74, 6) is -0.392. The molecule has 0 spiro atoms. The summed E-state index contributed by atoms with van der Waals surface area (Å²) in [6.07, 6.45) is 1.14. The van der Waals surface area contributed by atoms with Crippen LogP contribution in [0.2, 0.25) is 0 Å². The number of nitrogens with zero attached hydrogens (tertiary/aromatic N) is 3. The highest BCUT2D eigenvalue weighted by Crippen LogP contribution is 2.28. The summed E-state index contributed by atoms with van der Waals surface area (Å²) in [6.45, 7) is 9.07. The Balaban J connectivity index is 1.73. The topological polar surface area (TPSA) is 71.7 Å². The lowest BCUT2D eigenvalue weighted by molar-refractivity contribution is -0.121. The van der Waals surface area contributed by atoms with Crippen LogP contribution in [0.1, 0.15) is 36.5 Å². The third-order valence-corrected chi connectivity index (χ3v) is 8.90. The minimum Gasteiger partial charge on any atom is -0.317 e. The van der Waals surface area contributed by atoms with Gasteiger partial charge in [0.2, 0.25) is 10.0 Å². The van der Waals surface area contributed by atoms with E-state index in [2.05, 4.69) is 31.0 Å². The fourth-order valence-corrected chi connectivity index (χ4v) is 6.99. The molecule has 1 aliphatic rings. The second kappa shape index (κ2) is 8.33. The van der Waals surface area contributed by atoms with Crippen LogP contribution in [-0.2, 0) is 21.4 Å². The zero-order chi connectivity index (χ0) is 22.3. The Hall–Kier alpha value is -2.29. The number of hydrogen-bond acceptors (Lipinski definition) is 4. The molecule has 0 N–H and O–H groups in total. The Labute approximate surface area is 186 Å². The lowest BCUT2D eigenvalue weighted by atomic mass is 10.1. The van der Waals surface area contributed by atoms with E-state index in [4.69, 9.17) is 0 Å². The molecule has 0 radical (unpaired) electrons. The Morgan fingerprint density at radius 3 is 2.52 bits per heavy atom. The van der Waals surface area contributed by atoms with Gasteiger partial charge in [-0.2, -0.15) is 9.30 Å². The number of hydrogen-bond donors (Lipinski definition) is 0. The van der Waals surface area contributed by atoms with Crippen LogP contribution >= 0.6 is 11.3 Å². The molecule has 2 aromatic carbocycles. The summed E-state index contributed by atoms with van der Waals surface area (Å²) in [6, 6.07) is 10.2. The van der Waals surface area contributed by atoms with Crippen LogP contribution in [0.25, 0.3) is 10.2 Å². The number of benzene rings is 2. The van der Waals surface area contributed by atoms with Crippen LogP contribution in [0.4, 0.5) is 0 Å². The van der Waals surface area contributed by atoms with Crippen molar-refractivity contribution in [2.75, 3.05) is 6.54 Å². The van der Waals surface area contributed by atoms with Crippen molar-refractivity contribution in [2.45, 2.75) is 58.0 Å². The number of rotatable bonds is 4. The molecule has 1 amide bonds. The first-order valence-electron chi connectivity index (χ1n) is 10.5. The molecule has 31 heavy (non-hydrogen) atoms. The fraction of sp³-hybridized carbons (Fsp3) is 0.391. The summed E-state index contributed by atoms with van der Waals surface area (Å²) >= 11 is 1.49. The number of aryl methyl sites for hydroxylation is 4. The number of fused-ring (bicyclic) bond motifs is 1. The van der Waals surface area contributed by atoms with Crippen LogP contribution in [0.3, 0.4) is 0 Å². The standard InChI is InChI=1S/C23H27N3O3S2/c1-5-25-20-14-16(3)13-17(4)21(20)30-23(25)24-22(27)19-7-6-12-26(19)31(28,29)18-10-8-15(2)9-11-18/h8-11,13-14,19H,5-7,12H2,1-4H3. The molecular formula is C23H27N3O3S2. The van der Waals surface area contributed by atoms with E-state index >= 15 is 0 Å². The van der Waals surface area contributed by atoms with E-state index in [1.54, 1.807) is 24.3 Å². The van der Waals surface area contributed by atoms with Gasteiger partial charge in [-0.3, -0.25) is 4.79 Å². The van der Waals surface area contributed by atoms with Crippen LogP contribution in [0, 0.1) is 20.8 Å². The van der Waals surface area contributed by atoms with E-state index < -0.39 is 22.0 Å². The number of sulfonamides is 1. The molecule has 1 atom stereocenters. The number of aromatic nitrogens is 1. The van der Waals surface area contributed by atoms with Gasteiger partial charge in [-0.1, -0.05) is 35.1 Å². The Morgan fingerprint density at radius 1 is 1.13 bits per heavy atom. The average Bonchev–Trinajstić information content (AvgIpc) is 3.33. The molecule has 1 saturated heterocycles. The van der Waals surface area contributed by atoms with E-state index in [1.807, 2.05) is 18.4 Å². The Bertz CT molecular complexity index is 1320. The molecule has 0 aliphatic carbocycles. The van der Waals surface area contributed by atoms with E-state index in [1.165, 1.54) is 15.6 Å². The molecule has 1 unspecified atom stereocenters. The molecule has 3 aromatic rings. The van der Waals surface area contributed by atoms with Crippen molar-refractivity contribution in [3.05, 3.63) is 57.9 Å². The van der Waals surface area contributed by atoms with Crippen molar-refractivity contribution in [2.24, 2.45) is 4.99 Å². The van der Waals surface area contributed by atoms with Crippen molar-refractivity contribution in [1.29, 1.82) is 0 Å². The van der Waals surface area contributed by atoms with E-state index in [0.717, 1.165) is 26.9 Å². The van der Waals surface area contributed by atoms with Gasteiger partial charge in [0.15, 0.2) is 4.80 Å². The first-order chi connectivity index (χ1) is 14.7. The van der Waals surface area contributed by atoms with Gasteiger partial charge in [0.05, 0.1) is 15.1 Å². The lowest BCUT2D eigenvalue weighted by Gasteiger charge is -2.21. The number of carbonyl (C=O) groups excluding carboxylic acids is 1. The van der Waals surface area contributed by atoms with Gasteiger partial charge in [-0.25, -0.2) is 8.42 Å². The zero-order valence-corrected chi connectivity index (χ0v) is 19.9. The Kier molecular flexibility index (Phi) is 5.89. The maximum atomic E-state index is 13.2. The predicted molar refractivity (Wildman–Crippen MR) is 124 cm³/mol. The minimum atomic E-state index is -3.75. The van der Waals surface area contributed by atoms with Crippen molar-refractivity contribution >= 4 is 37.5 Å². The highest BCUT2D eigenvalue weighted by atomic mass is 32.2. The van der Waals surface area contributed by atoms with Crippen LogP contribution < -0.4 is 4.80 Å². The van der Waals surface area contributed by atoms with Gasteiger partial charge in [-0.05, 0) is 69.9 Å². The molecule has 0 bridgehead atoms.